The molecule has 2 heterocycles. The number of fused-ring (bicyclic) bond motifs is 1. The number of unbranched alkanes of at least 4 members (excludes halogenated alkanes) is 2. The third-order valence-electron chi connectivity index (χ3n) is 6.27. The van der Waals surface area contributed by atoms with Crippen molar-refractivity contribution in [2.45, 2.75) is 93.3 Å². The van der Waals surface area contributed by atoms with Crippen molar-refractivity contribution in [3.63, 3.8) is 0 Å². The number of aromatic nitrogens is 4. The molecule has 13 nitrogen and oxygen atoms in total. The quantitative estimate of drug-likeness (QED) is 0.175. The van der Waals surface area contributed by atoms with Crippen molar-refractivity contribution in [1.29, 1.82) is 0 Å². The minimum absolute atomic E-state index is 0.0292. The molecule has 1 aromatic carbocycles. The Morgan fingerprint density at radius 1 is 0.918 bits per heavy atom. The van der Waals surface area contributed by atoms with Crippen molar-refractivity contribution in [1.82, 2.24) is 30.6 Å². The van der Waals surface area contributed by atoms with E-state index in [-0.39, 0.29) is 40.0 Å². The SMILES string of the molecule is CC.CCC.CCC(=O)NCCCCCNC(=O)c1ccc(N(Cc2cnc3nc(NC(=O)C(C)C)[nH]c(=O)c3n2)C(=O)C(F)(F)F)cc1. The van der Waals surface area contributed by atoms with Crippen molar-refractivity contribution in [3.05, 3.63) is 52.1 Å². The summed E-state index contributed by atoms with van der Waals surface area (Å²) in [5, 5.41) is 7.90. The largest absolute Gasteiger partial charge is 0.471 e. The minimum Gasteiger partial charge on any atom is -0.356 e. The van der Waals surface area contributed by atoms with Crippen LogP contribution in [0.5, 0.6) is 0 Å². The molecule has 4 amide bonds. The Balaban J connectivity index is 0.00000227. The van der Waals surface area contributed by atoms with Gasteiger partial charge in [-0.1, -0.05) is 54.9 Å². The predicted octanol–water partition coefficient (Wildman–Crippen LogP) is 5.27. The Hall–Kier alpha value is -4.89. The molecular weight excluding hydrogens is 645 g/mol. The molecule has 0 aliphatic rings. The van der Waals surface area contributed by atoms with Crippen LogP contribution in [-0.2, 0) is 20.9 Å². The Labute approximate surface area is 283 Å². The van der Waals surface area contributed by atoms with Gasteiger partial charge in [-0.25, -0.2) is 9.97 Å². The first kappa shape index (κ1) is 42.1. The Morgan fingerprint density at radius 3 is 2.06 bits per heavy atom. The summed E-state index contributed by atoms with van der Waals surface area (Å²) >= 11 is 0. The lowest BCUT2D eigenvalue weighted by Gasteiger charge is -2.23. The summed E-state index contributed by atoms with van der Waals surface area (Å²) in [7, 11) is 0. The van der Waals surface area contributed by atoms with Crippen LogP contribution in [0.2, 0.25) is 0 Å². The highest BCUT2D eigenvalue weighted by molar-refractivity contribution is 5.98. The second-order valence-electron chi connectivity index (χ2n) is 10.8. The maximum atomic E-state index is 13.5. The molecule has 0 radical (unpaired) electrons. The normalized spacial score (nSPS) is 10.7. The number of alkyl halides is 3. The Morgan fingerprint density at radius 2 is 1.51 bits per heavy atom. The van der Waals surface area contributed by atoms with Gasteiger partial charge in [-0.05, 0) is 43.5 Å². The van der Waals surface area contributed by atoms with E-state index in [1.807, 2.05) is 13.8 Å². The first-order valence-electron chi connectivity index (χ1n) is 16.3. The summed E-state index contributed by atoms with van der Waals surface area (Å²) in [5.41, 5.74) is -1.40. The lowest BCUT2D eigenvalue weighted by Crippen LogP contribution is -2.41. The molecule has 49 heavy (non-hydrogen) atoms. The summed E-state index contributed by atoms with van der Waals surface area (Å²) in [6.45, 7) is 13.5. The Kier molecular flexibility index (Phi) is 18.2. The van der Waals surface area contributed by atoms with E-state index in [4.69, 9.17) is 0 Å². The summed E-state index contributed by atoms with van der Waals surface area (Å²) in [5.74, 6) is -3.64. The Bertz CT molecular complexity index is 1580. The molecule has 2 aromatic heterocycles. The number of carbonyl (C=O) groups excluding carboxylic acids is 4. The molecule has 0 spiro atoms. The highest BCUT2D eigenvalue weighted by Gasteiger charge is 2.43. The fourth-order valence-electron chi connectivity index (χ4n) is 3.82. The number of benzene rings is 1. The number of rotatable bonds is 13. The van der Waals surface area contributed by atoms with E-state index in [0.29, 0.717) is 30.8 Å². The lowest BCUT2D eigenvalue weighted by atomic mass is 10.1. The molecule has 3 aromatic rings. The van der Waals surface area contributed by atoms with E-state index in [1.165, 1.54) is 30.7 Å². The van der Waals surface area contributed by atoms with Crippen LogP contribution in [0.3, 0.4) is 0 Å². The molecule has 0 unspecified atom stereocenters. The average molecular weight is 693 g/mol. The average Bonchev–Trinajstić information content (AvgIpc) is 3.07. The number of carbonyl (C=O) groups is 4. The zero-order valence-corrected chi connectivity index (χ0v) is 29.1. The van der Waals surface area contributed by atoms with Crippen LogP contribution >= 0.6 is 0 Å². The first-order valence-corrected chi connectivity index (χ1v) is 16.3. The van der Waals surface area contributed by atoms with Crippen molar-refractivity contribution in [3.8, 4) is 0 Å². The van der Waals surface area contributed by atoms with Crippen molar-refractivity contribution in [2.75, 3.05) is 23.3 Å². The number of nitrogens with one attached hydrogen (secondary N) is 4. The number of nitrogens with zero attached hydrogens (tertiary/aromatic N) is 4. The number of halogens is 3. The van der Waals surface area contributed by atoms with Crippen molar-refractivity contribution < 1.29 is 32.3 Å². The fourth-order valence-corrected chi connectivity index (χ4v) is 3.82. The minimum atomic E-state index is -5.23. The van der Waals surface area contributed by atoms with Gasteiger partial charge in [-0.3, -0.25) is 39.2 Å². The highest BCUT2D eigenvalue weighted by atomic mass is 19.4. The highest BCUT2D eigenvalue weighted by Crippen LogP contribution is 2.26. The molecule has 0 aliphatic heterocycles. The van der Waals surface area contributed by atoms with E-state index in [1.54, 1.807) is 20.8 Å². The van der Waals surface area contributed by atoms with Gasteiger partial charge in [0.1, 0.15) is 0 Å². The van der Waals surface area contributed by atoms with Crippen LogP contribution in [0.25, 0.3) is 11.2 Å². The molecule has 0 fully saturated rings. The van der Waals surface area contributed by atoms with Crippen LogP contribution in [0.15, 0.2) is 35.3 Å². The lowest BCUT2D eigenvalue weighted by molar-refractivity contribution is -0.170. The third kappa shape index (κ3) is 14.0. The molecule has 0 atom stereocenters. The van der Waals surface area contributed by atoms with Gasteiger partial charge in [0, 0.05) is 36.7 Å². The summed E-state index contributed by atoms with van der Waals surface area (Å²) in [4.78, 5) is 75.4. The zero-order chi connectivity index (χ0) is 37.1. The molecule has 3 rings (SSSR count). The summed E-state index contributed by atoms with van der Waals surface area (Å²) in [6.07, 6.45) is -0.313. The van der Waals surface area contributed by atoms with Crippen molar-refractivity contribution in [2.24, 2.45) is 5.92 Å². The second kappa shape index (κ2) is 21.2. The number of amides is 4. The molecule has 0 bridgehead atoms. The number of anilines is 2. The molecule has 0 saturated heterocycles. The van der Waals surface area contributed by atoms with Gasteiger partial charge < -0.3 is 10.6 Å². The number of H-pyrrole nitrogens is 1. The van der Waals surface area contributed by atoms with Gasteiger partial charge in [0.05, 0.1) is 18.4 Å². The molecule has 0 saturated carbocycles. The number of hydrogen-bond acceptors (Lipinski definition) is 8. The predicted molar refractivity (Wildman–Crippen MR) is 182 cm³/mol. The summed E-state index contributed by atoms with van der Waals surface area (Å²) < 4.78 is 40.5. The van der Waals surface area contributed by atoms with Crippen LogP contribution in [0.4, 0.5) is 24.8 Å². The van der Waals surface area contributed by atoms with E-state index in [2.05, 4.69) is 49.7 Å². The third-order valence-corrected chi connectivity index (χ3v) is 6.27. The fraction of sp³-hybridized carbons (Fsp3) is 0.515. The van der Waals surface area contributed by atoms with Crippen LogP contribution in [0.1, 0.15) is 96.6 Å². The molecule has 4 N–H and O–H groups in total. The number of hydrogen-bond donors (Lipinski definition) is 4. The topological polar surface area (TPSA) is 179 Å². The van der Waals surface area contributed by atoms with Gasteiger partial charge in [0.15, 0.2) is 11.2 Å². The molecule has 0 aliphatic carbocycles. The van der Waals surface area contributed by atoms with Crippen LogP contribution in [0, 0.1) is 5.92 Å². The van der Waals surface area contributed by atoms with Gasteiger partial charge in [0.2, 0.25) is 17.8 Å². The summed E-state index contributed by atoms with van der Waals surface area (Å²) in [6, 6.07) is 4.97. The first-order chi connectivity index (χ1) is 23.2. The molecular formula is C33H47F3N8O5. The van der Waals surface area contributed by atoms with Gasteiger partial charge >= 0.3 is 12.1 Å². The molecule has 270 valence electrons. The van der Waals surface area contributed by atoms with Gasteiger partial charge in [-0.15, -0.1) is 0 Å². The molecule has 16 heteroatoms. The standard InChI is InChI=1S/C28H33F3N8O5.C3H8.C2H6/c1-4-20(40)32-12-6-5-7-13-33-24(42)17-8-10-19(11-9-17)39(26(44)28(29,30)31)15-18-14-34-22-21(35-18)25(43)38-27(36-22)37-23(41)16(2)3;1-3-2;1-2/h8-11,14,16H,4-7,12-13,15H2,1-3H3,(H,32,40)(H,33,42)(H2,34,36,37,38,41,43);3H2,1-2H3;1-2H3. The maximum absolute atomic E-state index is 13.5. The second-order valence-corrected chi connectivity index (χ2v) is 10.8. The zero-order valence-electron chi connectivity index (χ0n) is 29.1. The van der Waals surface area contributed by atoms with E-state index in [9.17, 15) is 37.1 Å². The number of aromatic amines is 1. The maximum Gasteiger partial charge on any atom is 0.471 e. The smallest absolute Gasteiger partial charge is 0.356 e. The van der Waals surface area contributed by atoms with Gasteiger partial charge in [0.25, 0.3) is 11.5 Å². The van der Waals surface area contributed by atoms with Gasteiger partial charge in [-0.2, -0.15) is 18.2 Å². The van der Waals surface area contributed by atoms with E-state index < -0.39 is 41.9 Å². The van der Waals surface area contributed by atoms with Crippen molar-refractivity contribution >= 4 is 46.4 Å². The van der Waals surface area contributed by atoms with Crippen LogP contribution < -0.4 is 26.4 Å². The van der Waals surface area contributed by atoms with E-state index in [0.717, 1.165) is 19.0 Å². The van der Waals surface area contributed by atoms with E-state index >= 15 is 0 Å². The van der Waals surface area contributed by atoms with Crippen LogP contribution in [-0.4, -0.2) is 62.8 Å². The monoisotopic (exact) mass is 692 g/mol.